The molecule has 1 fully saturated rings. The lowest BCUT2D eigenvalue weighted by Gasteiger charge is -2.38. The van der Waals surface area contributed by atoms with Crippen LogP contribution in [0.15, 0.2) is 42.0 Å². The minimum Gasteiger partial charge on any atom is -0.489 e. The number of likely N-dealkylation sites (tertiary alicyclic amines) is 1. The van der Waals surface area contributed by atoms with Crippen molar-refractivity contribution in [1.82, 2.24) is 4.90 Å². The van der Waals surface area contributed by atoms with Gasteiger partial charge in [0.1, 0.15) is 18.2 Å². The number of aliphatic carboxylic acids is 1. The van der Waals surface area contributed by atoms with Crippen molar-refractivity contribution in [2.75, 3.05) is 19.6 Å². The number of nitrogens with zero attached hydrogens (tertiary/aromatic N) is 1. The molecule has 1 saturated heterocycles. The number of hydrogen-bond donors (Lipinski definition) is 1. The predicted molar refractivity (Wildman–Crippen MR) is 124 cm³/mol. The van der Waals surface area contributed by atoms with E-state index in [2.05, 4.69) is 37.8 Å². The molecule has 4 nitrogen and oxygen atoms in total. The lowest BCUT2D eigenvalue weighted by molar-refractivity contribution is -0.147. The van der Waals surface area contributed by atoms with Gasteiger partial charge in [-0.15, -0.1) is 0 Å². The summed E-state index contributed by atoms with van der Waals surface area (Å²) in [7, 11) is 0. The highest BCUT2D eigenvalue weighted by atomic mass is 19.1. The molecule has 32 heavy (non-hydrogen) atoms. The molecule has 0 atom stereocenters. The number of rotatable bonds is 8. The van der Waals surface area contributed by atoms with Crippen LogP contribution in [0, 0.1) is 17.7 Å². The monoisotopic (exact) mass is 437 g/mol. The molecule has 2 aromatic rings. The van der Waals surface area contributed by atoms with Crippen LogP contribution in [0.2, 0.25) is 0 Å². The van der Waals surface area contributed by atoms with Crippen LogP contribution in [0.25, 0.3) is 5.57 Å². The Labute approximate surface area is 189 Å². The van der Waals surface area contributed by atoms with Crippen molar-refractivity contribution in [3.8, 4) is 5.75 Å². The molecule has 1 aliphatic carbocycles. The molecule has 0 bridgehead atoms. The smallest absolute Gasteiger partial charge is 0.309 e. The van der Waals surface area contributed by atoms with Gasteiger partial charge in [-0.2, -0.15) is 0 Å². The summed E-state index contributed by atoms with van der Waals surface area (Å²) in [5.41, 5.74) is 6.75. The fraction of sp³-hybridized carbons (Fsp3) is 0.444. The molecule has 1 aliphatic heterocycles. The van der Waals surface area contributed by atoms with Gasteiger partial charge in [0.15, 0.2) is 0 Å². The molecular weight excluding hydrogens is 405 g/mol. The summed E-state index contributed by atoms with van der Waals surface area (Å²) in [5.74, 6) is 0.138. The SMILES string of the molecule is CC1=C(CN2CC(C(=O)O)C2)CCc2cc(OCc3ccc(CC(C)C)cc3F)ccc21. The number of ether oxygens (including phenoxy) is 1. The van der Waals surface area contributed by atoms with Crippen LogP contribution < -0.4 is 4.74 Å². The van der Waals surface area contributed by atoms with Gasteiger partial charge in [0.05, 0.1) is 5.92 Å². The van der Waals surface area contributed by atoms with Gasteiger partial charge in [0.2, 0.25) is 0 Å². The summed E-state index contributed by atoms with van der Waals surface area (Å²) >= 11 is 0. The first-order chi connectivity index (χ1) is 15.3. The van der Waals surface area contributed by atoms with E-state index in [1.54, 1.807) is 6.07 Å². The number of benzene rings is 2. The second-order valence-corrected chi connectivity index (χ2v) is 9.59. The third kappa shape index (κ3) is 5.04. The Morgan fingerprint density at radius 2 is 1.97 bits per heavy atom. The number of allylic oxidation sites excluding steroid dienone is 1. The fourth-order valence-corrected chi connectivity index (χ4v) is 4.69. The highest BCUT2D eigenvalue weighted by Gasteiger charge is 2.33. The highest BCUT2D eigenvalue weighted by Crippen LogP contribution is 2.34. The summed E-state index contributed by atoms with van der Waals surface area (Å²) in [6.45, 7) is 8.75. The van der Waals surface area contributed by atoms with Crippen molar-refractivity contribution in [3.05, 3.63) is 70.0 Å². The topological polar surface area (TPSA) is 49.8 Å². The standard InChI is InChI=1S/C27H32FNO3/c1-17(2)10-19-4-5-22(26(28)11-19)16-32-24-8-9-25-18(3)21(7-6-20(25)12-24)13-29-14-23(15-29)27(30)31/h4-5,8-9,11-12,17,23H,6-7,10,13-16H2,1-3H3,(H,30,31). The van der Waals surface area contributed by atoms with Crippen LogP contribution in [0.3, 0.4) is 0 Å². The molecule has 2 aliphatic rings. The maximum absolute atomic E-state index is 14.5. The second-order valence-electron chi connectivity index (χ2n) is 9.59. The summed E-state index contributed by atoms with van der Waals surface area (Å²) < 4.78 is 20.4. The van der Waals surface area contributed by atoms with Gasteiger partial charge in [-0.25, -0.2) is 4.39 Å². The molecular formula is C27H32FNO3. The average molecular weight is 438 g/mol. The minimum absolute atomic E-state index is 0.208. The second kappa shape index (κ2) is 9.45. The van der Waals surface area contributed by atoms with E-state index in [1.807, 2.05) is 18.2 Å². The lowest BCUT2D eigenvalue weighted by Crippen LogP contribution is -2.50. The van der Waals surface area contributed by atoms with E-state index in [9.17, 15) is 9.18 Å². The third-order valence-electron chi connectivity index (χ3n) is 6.58. The van der Waals surface area contributed by atoms with E-state index in [4.69, 9.17) is 9.84 Å². The minimum atomic E-state index is -0.695. The Hall–Kier alpha value is -2.66. The Bertz CT molecular complexity index is 1040. The Morgan fingerprint density at radius 3 is 2.66 bits per heavy atom. The van der Waals surface area contributed by atoms with Crippen molar-refractivity contribution in [2.45, 2.75) is 46.6 Å². The molecule has 0 spiro atoms. The molecule has 1 N–H and O–H groups in total. The summed E-state index contributed by atoms with van der Waals surface area (Å²) in [4.78, 5) is 13.2. The van der Waals surface area contributed by atoms with Crippen LogP contribution in [-0.2, 0) is 24.2 Å². The zero-order valence-corrected chi connectivity index (χ0v) is 19.2. The number of fused-ring (bicyclic) bond motifs is 1. The molecule has 4 rings (SSSR count). The lowest BCUT2D eigenvalue weighted by atomic mass is 9.85. The molecule has 1 heterocycles. The molecule has 2 aromatic carbocycles. The van der Waals surface area contributed by atoms with Crippen molar-refractivity contribution in [2.24, 2.45) is 11.8 Å². The largest absolute Gasteiger partial charge is 0.489 e. The number of aryl methyl sites for hydroxylation is 1. The van der Waals surface area contributed by atoms with Gasteiger partial charge in [-0.1, -0.05) is 37.6 Å². The van der Waals surface area contributed by atoms with E-state index < -0.39 is 5.97 Å². The molecule has 0 saturated carbocycles. The van der Waals surface area contributed by atoms with E-state index in [0.717, 1.165) is 37.1 Å². The maximum atomic E-state index is 14.5. The molecule has 0 aromatic heterocycles. The first-order valence-corrected chi connectivity index (χ1v) is 11.5. The van der Waals surface area contributed by atoms with Gasteiger partial charge >= 0.3 is 5.97 Å². The maximum Gasteiger partial charge on any atom is 0.309 e. The highest BCUT2D eigenvalue weighted by molar-refractivity contribution is 5.73. The Balaban J connectivity index is 1.39. The van der Waals surface area contributed by atoms with Gasteiger partial charge in [0.25, 0.3) is 0 Å². The summed E-state index contributed by atoms with van der Waals surface area (Å²) in [6, 6.07) is 11.6. The number of carboxylic acid groups (broad SMARTS) is 1. The molecule has 0 unspecified atom stereocenters. The van der Waals surface area contributed by atoms with Crippen LogP contribution >= 0.6 is 0 Å². The zero-order chi connectivity index (χ0) is 22.8. The first-order valence-electron chi connectivity index (χ1n) is 11.5. The van der Waals surface area contributed by atoms with Crippen LogP contribution in [0.1, 0.15) is 49.4 Å². The summed E-state index contributed by atoms with van der Waals surface area (Å²) in [6.07, 6.45) is 2.78. The average Bonchev–Trinajstić information content (AvgIpc) is 2.70. The Morgan fingerprint density at radius 1 is 1.19 bits per heavy atom. The Kier molecular flexibility index (Phi) is 6.66. The van der Waals surface area contributed by atoms with Crippen molar-refractivity contribution in [3.63, 3.8) is 0 Å². The van der Waals surface area contributed by atoms with Gasteiger partial charge in [-0.05, 0) is 72.6 Å². The van der Waals surface area contributed by atoms with Crippen LogP contribution in [0.5, 0.6) is 5.75 Å². The van der Waals surface area contributed by atoms with Crippen molar-refractivity contribution < 1.29 is 19.0 Å². The molecule has 0 radical (unpaired) electrons. The number of carbonyl (C=O) groups is 1. The summed E-state index contributed by atoms with van der Waals surface area (Å²) in [5, 5.41) is 9.07. The predicted octanol–water partition coefficient (Wildman–Crippen LogP) is 5.34. The van der Waals surface area contributed by atoms with E-state index in [1.165, 1.54) is 22.3 Å². The quantitative estimate of drug-likeness (QED) is 0.606. The zero-order valence-electron chi connectivity index (χ0n) is 19.2. The first kappa shape index (κ1) is 22.5. The van der Waals surface area contributed by atoms with E-state index in [0.29, 0.717) is 24.6 Å². The molecule has 0 amide bonds. The van der Waals surface area contributed by atoms with Gasteiger partial charge in [-0.3, -0.25) is 9.69 Å². The fourth-order valence-electron chi connectivity index (χ4n) is 4.69. The number of carboxylic acids is 1. The third-order valence-corrected chi connectivity index (χ3v) is 6.58. The van der Waals surface area contributed by atoms with Gasteiger partial charge < -0.3 is 9.84 Å². The van der Waals surface area contributed by atoms with Crippen molar-refractivity contribution in [1.29, 1.82) is 0 Å². The van der Waals surface area contributed by atoms with Crippen molar-refractivity contribution >= 4 is 11.5 Å². The van der Waals surface area contributed by atoms with Crippen LogP contribution in [0.4, 0.5) is 4.39 Å². The van der Waals surface area contributed by atoms with E-state index in [-0.39, 0.29) is 18.3 Å². The van der Waals surface area contributed by atoms with Gasteiger partial charge in [0, 0.05) is 25.2 Å². The molecule has 170 valence electrons. The molecule has 5 heteroatoms. The number of hydrogen-bond acceptors (Lipinski definition) is 3. The normalized spacial score (nSPS) is 16.8. The number of halogens is 1. The van der Waals surface area contributed by atoms with Crippen LogP contribution in [-0.4, -0.2) is 35.6 Å². The van der Waals surface area contributed by atoms with E-state index >= 15 is 0 Å².